The molecule has 36 heavy (non-hydrogen) atoms. The van der Waals surface area contributed by atoms with Crippen LogP contribution in [0.1, 0.15) is 30.9 Å². The van der Waals surface area contributed by atoms with Crippen molar-refractivity contribution in [1.29, 1.82) is 5.26 Å². The minimum absolute atomic E-state index is 0.0734. The number of rotatable bonds is 9. The van der Waals surface area contributed by atoms with Crippen LogP contribution in [0.25, 0.3) is 23.0 Å². The van der Waals surface area contributed by atoms with E-state index in [-0.39, 0.29) is 9.80 Å². The van der Waals surface area contributed by atoms with E-state index in [1.54, 1.807) is 23.0 Å². The van der Waals surface area contributed by atoms with Crippen molar-refractivity contribution in [3.63, 3.8) is 0 Å². The van der Waals surface area contributed by atoms with Crippen molar-refractivity contribution in [2.75, 3.05) is 6.61 Å². The highest BCUT2D eigenvalue weighted by Gasteiger charge is 2.22. The normalized spacial score (nSPS) is 11.8. The largest absolute Gasteiger partial charge is 0.494 e. The molecular weight excluding hydrogens is 470 g/mol. The molecule has 6 nitrogen and oxygen atoms in total. The summed E-state index contributed by atoms with van der Waals surface area (Å²) < 4.78 is 34.1. The maximum Gasteiger partial charge on any atom is 0.216 e. The number of nitriles is 1. The molecule has 0 aliphatic rings. The first kappa shape index (κ1) is 25.0. The fraction of sp³-hybridized carbons (Fsp3) is 0.172. The molecule has 182 valence electrons. The number of ether oxygens (including phenoxy) is 1. The van der Waals surface area contributed by atoms with Crippen molar-refractivity contribution in [2.24, 2.45) is 0 Å². The van der Waals surface area contributed by atoms with Crippen LogP contribution in [0.5, 0.6) is 5.75 Å². The van der Waals surface area contributed by atoms with Gasteiger partial charge in [-0.05, 0) is 55.8 Å². The molecule has 0 saturated heterocycles. The average Bonchev–Trinajstić information content (AvgIpc) is 3.32. The zero-order chi connectivity index (χ0) is 25.5. The molecule has 0 bridgehead atoms. The molecule has 0 N–H and O–H groups in total. The number of hydrogen-bond donors (Lipinski definition) is 0. The molecule has 1 aromatic heterocycles. The van der Waals surface area contributed by atoms with E-state index in [2.05, 4.69) is 6.92 Å². The Labute approximate surface area is 212 Å². The molecule has 3 aromatic carbocycles. The fourth-order valence-corrected chi connectivity index (χ4v) is 4.80. The predicted octanol–water partition coefficient (Wildman–Crippen LogP) is 6.37. The lowest BCUT2D eigenvalue weighted by atomic mass is 10.1. The summed E-state index contributed by atoms with van der Waals surface area (Å²) in [5, 5.41) is 14.6. The molecule has 4 aromatic rings. The maximum atomic E-state index is 13.3. The highest BCUT2D eigenvalue weighted by atomic mass is 32.2. The minimum Gasteiger partial charge on any atom is -0.494 e. The SMILES string of the molecule is CCCCOc1cccc(-c2nn(-c3ccccc3)cc2C=C(C#N)S(=O)(=O)c2ccc(C)cc2)c1. The summed E-state index contributed by atoms with van der Waals surface area (Å²) in [5.74, 6) is 0.706. The summed E-state index contributed by atoms with van der Waals surface area (Å²) in [6.07, 6.45) is 5.10. The van der Waals surface area contributed by atoms with E-state index in [1.807, 2.05) is 67.6 Å². The number of allylic oxidation sites excluding steroid dienone is 1. The van der Waals surface area contributed by atoms with Gasteiger partial charge in [-0.1, -0.05) is 61.4 Å². The second kappa shape index (κ2) is 11.1. The lowest BCUT2D eigenvalue weighted by Crippen LogP contribution is -2.03. The van der Waals surface area contributed by atoms with E-state index in [9.17, 15) is 13.7 Å². The Morgan fingerprint density at radius 1 is 1.06 bits per heavy atom. The Morgan fingerprint density at radius 2 is 1.81 bits per heavy atom. The van der Waals surface area contributed by atoms with Crippen LogP contribution in [-0.4, -0.2) is 24.8 Å². The van der Waals surface area contributed by atoms with E-state index >= 15 is 0 Å². The first-order chi connectivity index (χ1) is 17.4. The van der Waals surface area contributed by atoms with Crippen LogP contribution in [0, 0.1) is 18.3 Å². The summed E-state index contributed by atoms with van der Waals surface area (Å²) in [5.41, 5.74) is 3.57. The van der Waals surface area contributed by atoms with Crippen molar-refractivity contribution in [2.45, 2.75) is 31.6 Å². The molecule has 0 radical (unpaired) electrons. The second-order valence-corrected chi connectivity index (χ2v) is 10.3. The summed E-state index contributed by atoms with van der Waals surface area (Å²) in [6.45, 7) is 4.59. The number of hydrogen-bond acceptors (Lipinski definition) is 5. The van der Waals surface area contributed by atoms with Crippen LogP contribution >= 0.6 is 0 Å². The molecule has 0 aliphatic heterocycles. The summed E-state index contributed by atoms with van der Waals surface area (Å²) in [4.78, 5) is -0.278. The third-order valence-electron chi connectivity index (χ3n) is 5.65. The molecule has 0 amide bonds. The van der Waals surface area contributed by atoms with Gasteiger partial charge >= 0.3 is 0 Å². The Balaban J connectivity index is 1.82. The average molecular weight is 498 g/mol. The van der Waals surface area contributed by atoms with Gasteiger partial charge in [0.25, 0.3) is 0 Å². The van der Waals surface area contributed by atoms with Crippen molar-refractivity contribution in [1.82, 2.24) is 9.78 Å². The molecule has 0 atom stereocenters. The zero-order valence-corrected chi connectivity index (χ0v) is 21.1. The number of aryl methyl sites for hydroxylation is 1. The van der Waals surface area contributed by atoms with Crippen LogP contribution in [-0.2, 0) is 9.84 Å². The number of sulfone groups is 1. The van der Waals surface area contributed by atoms with E-state index in [1.165, 1.54) is 18.2 Å². The second-order valence-electron chi connectivity index (χ2n) is 8.38. The Kier molecular flexibility index (Phi) is 7.67. The van der Waals surface area contributed by atoms with Gasteiger partial charge in [-0.2, -0.15) is 10.4 Å². The van der Waals surface area contributed by atoms with Crippen molar-refractivity contribution in [3.8, 4) is 28.8 Å². The number of para-hydroxylation sites is 1. The number of unbranched alkanes of at least 4 members (excludes halogenated alkanes) is 1. The van der Waals surface area contributed by atoms with E-state index in [0.29, 0.717) is 23.6 Å². The van der Waals surface area contributed by atoms with Crippen molar-refractivity contribution < 1.29 is 13.2 Å². The van der Waals surface area contributed by atoms with Gasteiger partial charge in [0, 0.05) is 17.3 Å². The molecular formula is C29H27N3O3S. The Morgan fingerprint density at radius 3 is 2.50 bits per heavy atom. The molecule has 0 spiro atoms. The first-order valence-electron chi connectivity index (χ1n) is 11.7. The monoisotopic (exact) mass is 497 g/mol. The van der Waals surface area contributed by atoms with Crippen molar-refractivity contribution >= 4 is 15.9 Å². The predicted molar refractivity (Wildman–Crippen MR) is 141 cm³/mol. The van der Waals surface area contributed by atoms with E-state index in [4.69, 9.17) is 9.84 Å². The molecule has 0 unspecified atom stereocenters. The van der Waals surface area contributed by atoms with Crippen LogP contribution in [0.2, 0.25) is 0 Å². The van der Waals surface area contributed by atoms with Gasteiger partial charge in [0.15, 0.2) is 0 Å². The lowest BCUT2D eigenvalue weighted by Gasteiger charge is -2.07. The van der Waals surface area contributed by atoms with Gasteiger partial charge in [0.05, 0.1) is 17.2 Å². The van der Waals surface area contributed by atoms with Gasteiger partial charge < -0.3 is 4.74 Å². The maximum absolute atomic E-state index is 13.3. The molecule has 7 heteroatoms. The Bertz CT molecular complexity index is 1510. The smallest absolute Gasteiger partial charge is 0.216 e. The number of benzene rings is 3. The number of aromatic nitrogens is 2. The van der Waals surface area contributed by atoms with Crippen LogP contribution < -0.4 is 4.74 Å². The molecule has 0 saturated carbocycles. The van der Waals surface area contributed by atoms with E-state index < -0.39 is 9.84 Å². The molecule has 4 rings (SSSR count). The summed E-state index contributed by atoms with van der Waals surface area (Å²) in [6, 6.07) is 25.4. The standard InChI is InChI=1S/C29H27N3O3S/c1-3-4-17-35-26-12-8-9-23(18-26)29-24(21-32(31-29)25-10-6-5-7-11-25)19-28(20-30)36(33,34)27-15-13-22(2)14-16-27/h5-16,18-19,21H,3-4,17H2,1-2H3. The quantitative estimate of drug-likeness (QED) is 0.198. The molecule has 1 heterocycles. The topological polar surface area (TPSA) is 85.0 Å². The van der Waals surface area contributed by atoms with Crippen LogP contribution in [0.15, 0.2) is 94.9 Å². The number of nitrogens with zero attached hydrogens (tertiary/aromatic N) is 3. The van der Waals surface area contributed by atoms with E-state index in [0.717, 1.165) is 29.7 Å². The third-order valence-corrected chi connectivity index (χ3v) is 7.34. The summed E-state index contributed by atoms with van der Waals surface area (Å²) in [7, 11) is -4.01. The van der Waals surface area contributed by atoms with Gasteiger partial charge in [0.1, 0.15) is 22.4 Å². The lowest BCUT2D eigenvalue weighted by molar-refractivity contribution is 0.309. The summed E-state index contributed by atoms with van der Waals surface area (Å²) >= 11 is 0. The van der Waals surface area contributed by atoms with Gasteiger partial charge in [-0.15, -0.1) is 0 Å². The first-order valence-corrected chi connectivity index (χ1v) is 13.2. The minimum atomic E-state index is -4.01. The van der Waals surface area contributed by atoms with Crippen molar-refractivity contribution in [3.05, 3.63) is 101 Å². The molecule has 0 fully saturated rings. The zero-order valence-electron chi connectivity index (χ0n) is 20.3. The van der Waals surface area contributed by atoms with Gasteiger partial charge in [0.2, 0.25) is 9.84 Å². The van der Waals surface area contributed by atoms with Gasteiger partial charge in [-0.25, -0.2) is 13.1 Å². The van der Waals surface area contributed by atoms with Crippen LogP contribution in [0.3, 0.4) is 0 Å². The van der Waals surface area contributed by atoms with Gasteiger partial charge in [-0.3, -0.25) is 0 Å². The highest BCUT2D eigenvalue weighted by Crippen LogP contribution is 2.30. The molecule has 0 aliphatic carbocycles. The Hall–Kier alpha value is -4.15. The fourth-order valence-electron chi connectivity index (χ4n) is 3.65. The van der Waals surface area contributed by atoms with Crippen LogP contribution in [0.4, 0.5) is 0 Å². The third kappa shape index (κ3) is 5.56. The highest BCUT2D eigenvalue weighted by molar-refractivity contribution is 7.95.